The molecular weight excluding hydrogens is 288 g/mol. The van der Waals surface area contributed by atoms with Crippen molar-refractivity contribution in [2.75, 3.05) is 5.73 Å². The number of fused-ring (bicyclic) bond motifs is 1. The van der Waals surface area contributed by atoms with E-state index in [1.54, 1.807) is 6.08 Å². The largest absolute Gasteiger partial charge is 0.471 e. The van der Waals surface area contributed by atoms with E-state index in [0.29, 0.717) is 19.0 Å². The van der Waals surface area contributed by atoms with Crippen LogP contribution in [0.15, 0.2) is 55.1 Å². The summed E-state index contributed by atoms with van der Waals surface area (Å²) < 4.78 is 7.27. The molecule has 0 bridgehead atoms. The zero-order chi connectivity index (χ0) is 16.2. The van der Waals surface area contributed by atoms with Crippen molar-refractivity contribution in [3.05, 3.63) is 66.2 Å². The van der Waals surface area contributed by atoms with Gasteiger partial charge in [-0.1, -0.05) is 48.5 Å². The first kappa shape index (κ1) is 14.7. The summed E-state index contributed by atoms with van der Waals surface area (Å²) in [4.78, 5) is 0. The minimum absolute atomic E-state index is 0.250. The molecule has 0 saturated heterocycles. The van der Waals surface area contributed by atoms with Crippen LogP contribution in [0.25, 0.3) is 10.8 Å². The molecule has 0 amide bonds. The van der Waals surface area contributed by atoms with Gasteiger partial charge in [0.25, 0.3) is 5.88 Å². The van der Waals surface area contributed by atoms with Crippen molar-refractivity contribution < 1.29 is 4.74 Å². The van der Waals surface area contributed by atoms with Gasteiger partial charge in [0.15, 0.2) is 5.56 Å². The summed E-state index contributed by atoms with van der Waals surface area (Å²) in [6, 6.07) is 16.2. The van der Waals surface area contributed by atoms with Crippen LogP contribution < -0.4 is 10.5 Å². The number of rotatable bonds is 5. The Kier molecular flexibility index (Phi) is 3.98. The lowest BCUT2D eigenvalue weighted by Gasteiger charge is -2.07. The quantitative estimate of drug-likeness (QED) is 0.734. The molecule has 0 atom stereocenters. The Hall–Kier alpha value is -3.26. The smallest absolute Gasteiger partial charge is 0.253 e. The summed E-state index contributed by atoms with van der Waals surface area (Å²) in [5.41, 5.74) is 7.20. The third-order valence-electron chi connectivity index (χ3n) is 3.62. The second-order valence-corrected chi connectivity index (χ2v) is 5.07. The van der Waals surface area contributed by atoms with E-state index in [4.69, 9.17) is 10.5 Å². The molecule has 0 spiro atoms. The normalized spacial score (nSPS) is 10.4. The molecule has 3 rings (SSSR count). The van der Waals surface area contributed by atoms with Gasteiger partial charge in [-0.05, 0) is 16.3 Å². The van der Waals surface area contributed by atoms with Gasteiger partial charge in [-0.3, -0.25) is 0 Å². The van der Waals surface area contributed by atoms with Crippen molar-refractivity contribution in [2.24, 2.45) is 0 Å². The van der Waals surface area contributed by atoms with Crippen LogP contribution in [0.4, 0.5) is 5.82 Å². The van der Waals surface area contributed by atoms with Crippen LogP contribution in [0.5, 0.6) is 5.88 Å². The van der Waals surface area contributed by atoms with E-state index in [0.717, 1.165) is 16.3 Å². The maximum absolute atomic E-state index is 9.26. The number of nitriles is 1. The van der Waals surface area contributed by atoms with E-state index in [2.05, 4.69) is 23.8 Å². The topological polar surface area (TPSA) is 76.9 Å². The highest BCUT2D eigenvalue weighted by Crippen LogP contribution is 2.25. The molecule has 0 aliphatic carbocycles. The summed E-state index contributed by atoms with van der Waals surface area (Å²) in [6.07, 6.45) is 1.67. The average molecular weight is 304 g/mol. The Morgan fingerprint density at radius 1 is 1.26 bits per heavy atom. The summed E-state index contributed by atoms with van der Waals surface area (Å²) >= 11 is 0. The number of nitrogens with two attached hydrogens (primary N) is 1. The van der Waals surface area contributed by atoms with Crippen molar-refractivity contribution in [1.82, 2.24) is 9.78 Å². The van der Waals surface area contributed by atoms with E-state index in [1.807, 2.05) is 36.4 Å². The number of anilines is 1. The zero-order valence-electron chi connectivity index (χ0n) is 12.6. The van der Waals surface area contributed by atoms with Crippen LogP contribution in [0, 0.1) is 11.3 Å². The van der Waals surface area contributed by atoms with Gasteiger partial charge in [0, 0.05) is 0 Å². The molecule has 0 aliphatic rings. The monoisotopic (exact) mass is 304 g/mol. The van der Waals surface area contributed by atoms with Gasteiger partial charge in [0.1, 0.15) is 18.5 Å². The first-order chi connectivity index (χ1) is 11.2. The molecule has 0 fully saturated rings. The molecule has 3 aromatic rings. The highest BCUT2D eigenvalue weighted by Gasteiger charge is 2.16. The SMILES string of the molecule is C=CCn1nc(OCc2cccc3ccccc23)c(C#N)c1N. The van der Waals surface area contributed by atoms with Gasteiger partial charge in [0.05, 0.1) is 6.54 Å². The zero-order valence-corrected chi connectivity index (χ0v) is 12.6. The molecule has 0 radical (unpaired) electrons. The van der Waals surface area contributed by atoms with Crippen LogP contribution >= 0.6 is 0 Å². The predicted octanol–water partition coefficient (Wildman–Crippen LogP) is 3.26. The van der Waals surface area contributed by atoms with E-state index in [1.165, 1.54) is 4.68 Å². The molecule has 2 N–H and O–H groups in total. The Labute approximate surface area is 134 Å². The molecule has 0 saturated carbocycles. The third kappa shape index (κ3) is 2.74. The summed E-state index contributed by atoms with van der Waals surface area (Å²) in [6.45, 7) is 4.40. The van der Waals surface area contributed by atoms with Crippen LogP contribution in [0.1, 0.15) is 11.1 Å². The van der Waals surface area contributed by atoms with Gasteiger partial charge in [-0.15, -0.1) is 11.7 Å². The average Bonchev–Trinajstić information content (AvgIpc) is 2.88. The number of nitrogen functional groups attached to an aromatic ring is 1. The first-order valence-corrected chi connectivity index (χ1v) is 7.21. The van der Waals surface area contributed by atoms with Gasteiger partial charge < -0.3 is 10.5 Å². The second kappa shape index (κ2) is 6.24. The number of benzene rings is 2. The number of nitrogens with zero attached hydrogens (tertiary/aromatic N) is 3. The molecule has 5 nitrogen and oxygen atoms in total. The van der Waals surface area contributed by atoms with Crippen LogP contribution in [-0.4, -0.2) is 9.78 Å². The van der Waals surface area contributed by atoms with Crippen molar-refractivity contribution in [2.45, 2.75) is 13.2 Å². The lowest BCUT2D eigenvalue weighted by molar-refractivity contribution is 0.291. The van der Waals surface area contributed by atoms with Crippen molar-refractivity contribution in [1.29, 1.82) is 5.26 Å². The number of hydrogen-bond donors (Lipinski definition) is 1. The molecule has 1 aromatic heterocycles. The van der Waals surface area contributed by atoms with Crippen LogP contribution in [0.2, 0.25) is 0 Å². The third-order valence-corrected chi connectivity index (χ3v) is 3.62. The number of hydrogen-bond acceptors (Lipinski definition) is 4. The summed E-state index contributed by atoms with van der Waals surface area (Å²) in [5.74, 6) is 0.542. The van der Waals surface area contributed by atoms with Crippen LogP contribution in [0.3, 0.4) is 0 Å². The van der Waals surface area contributed by atoms with Crippen molar-refractivity contribution in [3.8, 4) is 11.9 Å². The minimum atomic E-state index is 0.250. The standard InChI is InChI=1S/C18H16N4O/c1-2-10-22-17(20)16(11-19)18(21-22)23-12-14-8-5-7-13-6-3-4-9-15(13)14/h2-9H,1,10,12,20H2. The van der Waals surface area contributed by atoms with Crippen molar-refractivity contribution in [3.63, 3.8) is 0 Å². The minimum Gasteiger partial charge on any atom is -0.471 e. The highest BCUT2D eigenvalue weighted by atomic mass is 16.5. The van der Waals surface area contributed by atoms with E-state index < -0.39 is 0 Å². The van der Waals surface area contributed by atoms with Gasteiger partial charge >= 0.3 is 0 Å². The lowest BCUT2D eigenvalue weighted by Crippen LogP contribution is -2.03. The predicted molar refractivity (Wildman–Crippen MR) is 89.8 cm³/mol. The van der Waals surface area contributed by atoms with E-state index in [-0.39, 0.29) is 11.4 Å². The maximum atomic E-state index is 9.26. The van der Waals surface area contributed by atoms with Crippen molar-refractivity contribution >= 4 is 16.6 Å². The van der Waals surface area contributed by atoms with E-state index in [9.17, 15) is 5.26 Å². The molecular formula is C18H16N4O. The Morgan fingerprint density at radius 2 is 2.04 bits per heavy atom. The fourth-order valence-electron chi connectivity index (χ4n) is 2.48. The number of ether oxygens (including phenoxy) is 1. The first-order valence-electron chi connectivity index (χ1n) is 7.21. The molecule has 2 aromatic carbocycles. The highest BCUT2D eigenvalue weighted by molar-refractivity contribution is 5.85. The fourth-order valence-corrected chi connectivity index (χ4v) is 2.48. The summed E-state index contributed by atoms with van der Waals surface area (Å²) in [5, 5.41) is 15.8. The molecule has 114 valence electrons. The molecule has 5 heteroatoms. The second-order valence-electron chi connectivity index (χ2n) is 5.07. The fraction of sp³-hybridized carbons (Fsp3) is 0.111. The van der Waals surface area contributed by atoms with Crippen LogP contribution in [-0.2, 0) is 13.2 Å². The van der Waals surface area contributed by atoms with Gasteiger partial charge in [0.2, 0.25) is 0 Å². The lowest BCUT2D eigenvalue weighted by atomic mass is 10.1. The number of aromatic nitrogens is 2. The number of allylic oxidation sites excluding steroid dienone is 1. The molecule has 1 heterocycles. The van der Waals surface area contributed by atoms with Gasteiger partial charge in [-0.2, -0.15) is 5.26 Å². The maximum Gasteiger partial charge on any atom is 0.253 e. The van der Waals surface area contributed by atoms with E-state index >= 15 is 0 Å². The van der Waals surface area contributed by atoms with Gasteiger partial charge in [-0.25, -0.2) is 4.68 Å². The molecule has 0 aliphatic heterocycles. The molecule has 23 heavy (non-hydrogen) atoms. The summed E-state index contributed by atoms with van der Waals surface area (Å²) in [7, 11) is 0. The Morgan fingerprint density at radius 3 is 2.83 bits per heavy atom. The molecule has 0 unspecified atom stereocenters. The Bertz CT molecular complexity index is 900. The Balaban J connectivity index is 1.90.